The quantitative estimate of drug-likeness (QED) is 0.917. The number of likely N-dealkylation sites (tertiary alicyclic amines) is 1. The molecule has 0 radical (unpaired) electrons. The van der Waals surface area contributed by atoms with Crippen LogP contribution in [-0.2, 0) is 7.05 Å². The number of carbonyl (C=O) groups is 1. The van der Waals surface area contributed by atoms with Gasteiger partial charge in [-0.25, -0.2) is 4.68 Å². The predicted octanol–water partition coefficient (Wildman–Crippen LogP) is 1.61. The molecule has 1 aliphatic rings. The van der Waals surface area contributed by atoms with Crippen molar-refractivity contribution in [3.05, 3.63) is 63.0 Å². The van der Waals surface area contributed by atoms with Crippen LogP contribution in [0.3, 0.4) is 0 Å². The van der Waals surface area contributed by atoms with Crippen molar-refractivity contribution in [2.45, 2.75) is 18.5 Å². The summed E-state index contributed by atoms with van der Waals surface area (Å²) in [6.07, 6.45) is 0.849. The Morgan fingerprint density at radius 3 is 2.58 bits per heavy atom. The Kier molecular flexibility index (Phi) is 4.69. The average Bonchev–Trinajstić information content (AvgIpc) is 2.91. The first-order valence-electron chi connectivity index (χ1n) is 7.76. The van der Waals surface area contributed by atoms with E-state index in [0.29, 0.717) is 5.02 Å². The Morgan fingerprint density at radius 1 is 1.21 bits per heavy atom. The third kappa shape index (κ3) is 3.34. The van der Waals surface area contributed by atoms with Crippen LogP contribution < -0.4 is 10.9 Å². The van der Waals surface area contributed by atoms with Crippen molar-refractivity contribution in [1.82, 2.24) is 20.0 Å². The molecular formula is C17H19ClN4O2. The van der Waals surface area contributed by atoms with Crippen LogP contribution in [0.4, 0.5) is 0 Å². The summed E-state index contributed by atoms with van der Waals surface area (Å²) in [6, 6.07) is 10.5. The second-order valence-corrected chi connectivity index (χ2v) is 6.46. The standard InChI is InChI=1S/C17H19ClN4O2/c1-21-10-9-13(16(21)11-3-5-12(18)6-4-11)19-17(24)14-7-8-15(23)22(2)20-14/h3-8,13,16H,9-10H2,1-2H3,(H,19,24)/t13-,16+/m0/s1. The van der Waals surface area contributed by atoms with Crippen molar-refractivity contribution in [2.75, 3.05) is 13.6 Å². The predicted molar refractivity (Wildman–Crippen MR) is 92.2 cm³/mol. The Balaban J connectivity index is 1.80. The van der Waals surface area contributed by atoms with E-state index in [1.54, 1.807) is 0 Å². The van der Waals surface area contributed by atoms with Crippen molar-refractivity contribution >= 4 is 17.5 Å². The summed E-state index contributed by atoms with van der Waals surface area (Å²) < 4.78 is 1.16. The highest BCUT2D eigenvalue weighted by Crippen LogP contribution is 2.31. The molecule has 0 spiro atoms. The number of benzene rings is 1. The summed E-state index contributed by atoms with van der Waals surface area (Å²) >= 11 is 5.96. The van der Waals surface area contributed by atoms with Crippen molar-refractivity contribution < 1.29 is 4.79 Å². The Hall–Kier alpha value is -2.18. The monoisotopic (exact) mass is 346 g/mol. The Morgan fingerprint density at radius 2 is 1.92 bits per heavy atom. The van der Waals surface area contributed by atoms with Crippen LogP contribution in [0.5, 0.6) is 0 Å². The van der Waals surface area contributed by atoms with Gasteiger partial charge in [0.25, 0.3) is 11.5 Å². The number of halogens is 1. The molecule has 24 heavy (non-hydrogen) atoms. The highest BCUT2D eigenvalue weighted by molar-refractivity contribution is 6.30. The molecule has 126 valence electrons. The molecule has 6 nitrogen and oxygen atoms in total. The fourth-order valence-electron chi connectivity index (χ4n) is 3.11. The number of aryl methyl sites for hydroxylation is 1. The number of amides is 1. The molecule has 1 aromatic carbocycles. The highest BCUT2D eigenvalue weighted by Gasteiger charge is 2.34. The number of nitrogens with zero attached hydrogens (tertiary/aromatic N) is 3. The minimum Gasteiger partial charge on any atom is -0.346 e. The molecule has 0 saturated carbocycles. The first-order chi connectivity index (χ1) is 11.5. The van der Waals surface area contributed by atoms with Gasteiger partial charge in [0, 0.05) is 24.7 Å². The SMILES string of the molecule is CN1CC[C@H](NC(=O)c2ccc(=O)n(C)n2)[C@H]1c1ccc(Cl)cc1. The van der Waals surface area contributed by atoms with E-state index in [9.17, 15) is 9.59 Å². The van der Waals surface area contributed by atoms with Crippen LogP contribution in [0, 0.1) is 0 Å². The van der Waals surface area contributed by atoms with Gasteiger partial charge in [-0.1, -0.05) is 23.7 Å². The van der Waals surface area contributed by atoms with Crippen molar-refractivity contribution in [2.24, 2.45) is 7.05 Å². The molecule has 1 aliphatic heterocycles. The molecule has 1 aromatic heterocycles. The number of rotatable bonds is 3. The Bertz CT molecular complexity index is 803. The van der Waals surface area contributed by atoms with E-state index in [2.05, 4.69) is 15.3 Å². The number of aromatic nitrogens is 2. The molecule has 1 saturated heterocycles. The summed E-state index contributed by atoms with van der Waals surface area (Å²) in [5.74, 6) is -0.273. The third-order valence-corrected chi connectivity index (χ3v) is 4.62. The summed E-state index contributed by atoms with van der Waals surface area (Å²) in [4.78, 5) is 26.1. The molecular weight excluding hydrogens is 328 g/mol. The van der Waals surface area contributed by atoms with Gasteiger partial charge < -0.3 is 5.32 Å². The van der Waals surface area contributed by atoms with E-state index in [1.165, 1.54) is 19.2 Å². The van der Waals surface area contributed by atoms with E-state index in [0.717, 1.165) is 23.2 Å². The van der Waals surface area contributed by atoms with Gasteiger partial charge >= 0.3 is 0 Å². The van der Waals surface area contributed by atoms with Crippen LogP contribution in [0.25, 0.3) is 0 Å². The zero-order valence-electron chi connectivity index (χ0n) is 13.6. The van der Waals surface area contributed by atoms with Crippen LogP contribution in [0.1, 0.15) is 28.5 Å². The minimum atomic E-state index is -0.273. The molecule has 0 unspecified atom stereocenters. The number of hydrogen-bond acceptors (Lipinski definition) is 4. The summed E-state index contributed by atoms with van der Waals surface area (Å²) in [5, 5.41) is 7.74. The minimum absolute atomic E-state index is 0.0253. The van der Waals surface area contributed by atoms with Crippen LogP contribution >= 0.6 is 11.6 Å². The molecule has 1 amide bonds. The molecule has 0 aliphatic carbocycles. The second-order valence-electron chi connectivity index (χ2n) is 6.03. The maximum atomic E-state index is 12.5. The van der Waals surface area contributed by atoms with Crippen molar-refractivity contribution in [1.29, 1.82) is 0 Å². The number of hydrogen-bond donors (Lipinski definition) is 1. The first kappa shape index (κ1) is 16.7. The topological polar surface area (TPSA) is 67.2 Å². The fraction of sp³-hybridized carbons (Fsp3) is 0.353. The summed E-state index contributed by atoms with van der Waals surface area (Å²) in [6.45, 7) is 0.888. The van der Waals surface area contributed by atoms with Crippen LogP contribution in [-0.4, -0.2) is 40.2 Å². The smallest absolute Gasteiger partial charge is 0.272 e. The lowest BCUT2D eigenvalue weighted by molar-refractivity contribution is 0.0920. The van der Waals surface area contributed by atoms with E-state index >= 15 is 0 Å². The van der Waals surface area contributed by atoms with Crippen molar-refractivity contribution in [3.8, 4) is 0 Å². The molecule has 7 heteroatoms. The molecule has 2 aromatic rings. The lowest BCUT2D eigenvalue weighted by Crippen LogP contribution is -2.40. The Labute approximate surface area is 145 Å². The van der Waals surface area contributed by atoms with Gasteiger partial charge in [-0.3, -0.25) is 14.5 Å². The largest absolute Gasteiger partial charge is 0.346 e. The molecule has 0 bridgehead atoms. The van der Waals surface area contributed by atoms with Gasteiger partial charge in [-0.05, 0) is 37.2 Å². The van der Waals surface area contributed by atoms with E-state index in [1.807, 2.05) is 31.3 Å². The lowest BCUT2D eigenvalue weighted by atomic mass is 10.00. The van der Waals surface area contributed by atoms with Crippen molar-refractivity contribution in [3.63, 3.8) is 0 Å². The summed E-state index contributed by atoms with van der Waals surface area (Å²) in [5.41, 5.74) is 1.10. The molecule has 2 atom stereocenters. The third-order valence-electron chi connectivity index (χ3n) is 4.37. The van der Waals surface area contributed by atoms with Gasteiger partial charge in [0.05, 0.1) is 12.1 Å². The van der Waals surface area contributed by atoms with Gasteiger partial charge in [-0.15, -0.1) is 0 Å². The summed E-state index contributed by atoms with van der Waals surface area (Å²) in [7, 11) is 3.56. The number of nitrogens with one attached hydrogen (secondary N) is 1. The second kappa shape index (κ2) is 6.75. The maximum Gasteiger partial charge on any atom is 0.272 e. The van der Waals surface area contributed by atoms with Gasteiger partial charge in [-0.2, -0.15) is 5.10 Å². The highest BCUT2D eigenvalue weighted by atomic mass is 35.5. The fourth-order valence-corrected chi connectivity index (χ4v) is 3.24. The lowest BCUT2D eigenvalue weighted by Gasteiger charge is -2.26. The molecule has 1 N–H and O–H groups in total. The van der Waals surface area contributed by atoms with E-state index in [4.69, 9.17) is 11.6 Å². The normalized spacial score (nSPS) is 21.0. The first-order valence-corrected chi connectivity index (χ1v) is 8.14. The van der Waals surface area contributed by atoms with Gasteiger partial charge in [0.1, 0.15) is 5.69 Å². The molecule has 1 fully saturated rings. The van der Waals surface area contributed by atoms with Gasteiger partial charge in [0.15, 0.2) is 0 Å². The average molecular weight is 347 g/mol. The zero-order chi connectivity index (χ0) is 17.3. The molecule has 3 rings (SSSR count). The van der Waals surface area contributed by atoms with Gasteiger partial charge in [0.2, 0.25) is 0 Å². The number of likely N-dealkylation sites (N-methyl/N-ethyl adjacent to an activating group) is 1. The maximum absolute atomic E-state index is 12.5. The van der Waals surface area contributed by atoms with E-state index in [-0.39, 0.29) is 29.2 Å². The molecule has 2 heterocycles. The van der Waals surface area contributed by atoms with E-state index < -0.39 is 0 Å². The zero-order valence-corrected chi connectivity index (χ0v) is 14.3. The van der Waals surface area contributed by atoms with Crippen LogP contribution in [0.2, 0.25) is 5.02 Å². The number of carbonyl (C=O) groups excluding carboxylic acids is 1. The van der Waals surface area contributed by atoms with Crippen LogP contribution in [0.15, 0.2) is 41.2 Å².